The van der Waals surface area contributed by atoms with Crippen molar-refractivity contribution in [2.75, 3.05) is 13.2 Å². The number of carbonyl (C=O) groups excluding carboxylic acids is 1. The molecule has 5 nitrogen and oxygen atoms in total. The summed E-state index contributed by atoms with van der Waals surface area (Å²) in [6, 6.07) is 17.0. The number of fused-ring (bicyclic) bond motifs is 2. The largest absolute Gasteiger partial charge is 0.489 e. The molecule has 0 N–H and O–H groups in total. The summed E-state index contributed by atoms with van der Waals surface area (Å²) in [5.41, 5.74) is 1.14. The Kier molecular flexibility index (Phi) is 4.98. The van der Waals surface area contributed by atoms with Gasteiger partial charge in [-0.05, 0) is 41.8 Å². The Balaban J connectivity index is 1.37. The summed E-state index contributed by atoms with van der Waals surface area (Å²) >= 11 is 3.42. The molecule has 27 heavy (non-hydrogen) atoms. The molecule has 0 bridgehead atoms. The fraction of sp³-hybridized carbons (Fsp3) is 0.0952. The molecule has 0 atom stereocenters. The van der Waals surface area contributed by atoms with E-state index in [1.165, 1.54) is 0 Å². The van der Waals surface area contributed by atoms with Gasteiger partial charge in [0, 0.05) is 27.6 Å². The van der Waals surface area contributed by atoms with Gasteiger partial charge in [0.1, 0.15) is 24.7 Å². The quantitative estimate of drug-likeness (QED) is 0.342. The number of halogens is 1. The van der Waals surface area contributed by atoms with Crippen LogP contribution in [0.4, 0.5) is 0 Å². The minimum absolute atomic E-state index is 0.134. The third-order valence-electron chi connectivity index (χ3n) is 4.08. The van der Waals surface area contributed by atoms with Gasteiger partial charge in [-0.1, -0.05) is 34.1 Å². The Hall–Kier alpha value is -2.99. The zero-order valence-electron chi connectivity index (χ0n) is 14.3. The molecule has 0 unspecified atom stereocenters. The van der Waals surface area contributed by atoms with Gasteiger partial charge in [0.15, 0.2) is 0 Å². The van der Waals surface area contributed by atoms with Crippen LogP contribution >= 0.6 is 15.9 Å². The summed E-state index contributed by atoms with van der Waals surface area (Å²) < 4.78 is 12.0. The Morgan fingerprint density at radius 3 is 2.78 bits per heavy atom. The number of nitrogens with zero attached hydrogens (tertiary/aromatic N) is 2. The average molecular weight is 423 g/mol. The molecule has 4 aromatic rings. The predicted molar refractivity (Wildman–Crippen MR) is 107 cm³/mol. The van der Waals surface area contributed by atoms with Gasteiger partial charge < -0.3 is 9.47 Å². The fourth-order valence-electron chi connectivity index (χ4n) is 2.78. The van der Waals surface area contributed by atoms with Crippen molar-refractivity contribution in [2.24, 2.45) is 0 Å². The second-order valence-electron chi connectivity index (χ2n) is 5.87. The normalized spacial score (nSPS) is 10.9. The van der Waals surface area contributed by atoms with Gasteiger partial charge >= 0.3 is 5.97 Å². The number of para-hydroxylation sites is 1. The number of aromatic nitrogens is 2. The van der Waals surface area contributed by atoms with Crippen LogP contribution in [-0.2, 0) is 4.74 Å². The van der Waals surface area contributed by atoms with Crippen LogP contribution in [0.5, 0.6) is 5.75 Å². The summed E-state index contributed by atoms with van der Waals surface area (Å²) in [4.78, 5) is 20.7. The number of hydrogen-bond donors (Lipinski definition) is 0. The highest BCUT2D eigenvalue weighted by Crippen LogP contribution is 2.23. The SMILES string of the molecule is O=C(OCCOc1ccnc2ccccc12)c1cc2ccc(Br)cc2cn1. The van der Waals surface area contributed by atoms with Gasteiger partial charge in [-0.3, -0.25) is 4.98 Å². The molecule has 0 saturated carbocycles. The van der Waals surface area contributed by atoms with E-state index in [4.69, 9.17) is 9.47 Å². The molecule has 2 aromatic heterocycles. The third kappa shape index (κ3) is 3.90. The minimum atomic E-state index is -0.469. The van der Waals surface area contributed by atoms with E-state index in [1.807, 2.05) is 42.5 Å². The number of ether oxygens (including phenoxy) is 2. The molecule has 0 amide bonds. The molecule has 0 aliphatic heterocycles. The first-order valence-electron chi connectivity index (χ1n) is 8.40. The molecule has 0 saturated heterocycles. The molecule has 0 aliphatic carbocycles. The highest BCUT2D eigenvalue weighted by Gasteiger charge is 2.10. The van der Waals surface area contributed by atoms with Crippen molar-refractivity contribution in [2.45, 2.75) is 0 Å². The van der Waals surface area contributed by atoms with Crippen LogP contribution in [0.15, 0.2) is 71.5 Å². The van der Waals surface area contributed by atoms with Crippen molar-refractivity contribution < 1.29 is 14.3 Å². The van der Waals surface area contributed by atoms with E-state index in [-0.39, 0.29) is 18.9 Å². The van der Waals surface area contributed by atoms with E-state index in [9.17, 15) is 4.79 Å². The molecule has 0 aliphatic rings. The van der Waals surface area contributed by atoms with Crippen LogP contribution in [-0.4, -0.2) is 29.2 Å². The lowest BCUT2D eigenvalue weighted by atomic mass is 10.1. The molecule has 2 heterocycles. The predicted octanol–water partition coefficient (Wildman–Crippen LogP) is 4.78. The molecule has 0 spiro atoms. The van der Waals surface area contributed by atoms with Crippen molar-refractivity contribution in [3.05, 3.63) is 77.2 Å². The highest BCUT2D eigenvalue weighted by atomic mass is 79.9. The minimum Gasteiger partial charge on any atom is -0.489 e. The van der Waals surface area contributed by atoms with Gasteiger partial charge in [-0.15, -0.1) is 0 Å². The van der Waals surface area contributed by atoms with Crippen LogP contribution in [0.3, 0.4) is 0 Å². The number of rotatable bonds is 5. The van der Waals surface area contributed by atoms with Gasteiger partial charge in [0.2, 0.25) is 0 Å². The molecule has 2 aromatic carbocycles. The van der Waals surface area contributed by atoms with E-state index in [0.29, 0.717) is 5.75 Å². The maximum Gasteiger partial charge on any atom is 0.357 e. The smallest absolute Gasteiger partial charge is 0.357 e. The van der Waals surface area contributed by atoms with Crippen LogP contribution in [0, 0.1) is 0 Å². The van der Waals surface area contributed by atoms with Crippen LogP contribution in [0.1, 0.15) is 10.5 Å². The zero-order chi connectivity index (χ0) is 18.6. The summed E-state index contributed by atoms with van der Waals surface area (Å²) in [5.74, 6) is 0.245. The van der Waals surface area contributed by atoms with E-state index < -0.39 is 5.97 Å². The lowest BCUT2D eigenvalue weighted by Gasteiger charge is -2.09. The standard InChI is InChI=1S/C21H15BrN2O3/c22-16-6-5-14-12-19(24-13-15(14)11-16)21(25)27-10-9-26-20-7-8-23-18-4-2-1-3-17(18)20/h1-8,11-13H,9-10H2. The van der Waals surface area contributed by atoms with Crippen molar-refractivity contribution in [1.29, 1.82) is 0 Å². The van der Waals surface area contributed by atoms with Crippen molar-refractivity contribution in [1.82, 2.24) is 9.97 Å². The molecule has 0 radical (unpaired) electrons. The topological polar surface area (TPSA) is 61.3 Å². The third-order valence-corrected chi connectivity index (χ3v) is 4.57. The van der Waals surface area contributed by atoms with Crippen molar-refractivity contribution in [3.8, 4) is 5.75 Å². The van der Waals surface area contributed by atoms with E-state index >= 15 is 0 Å². The molecule has 134 valence electrons. The summed E-state index contributed by atoms with van der Waals surface area (Å²) in [7, 11) is 0. The first kappa shape index (κ1) is 17.4. The van der Waals surface area contributed by atoms with Crippen molar-refractivity contribution >= 4 is 43.6 Å². The van der Waals surface area contributed by atoms with Gasteiger partial charge in [-0.25, -0.2) is 9.78 Å². The summed E-state index contributed by atoms with van der Waals surface area (Å²) in [6.45, 7) is 0.385. The monoisotopic (exact) mass is 422 g/mol. The Labute approximate surface area is 164 Å². The maximum atomic E-state index is 12.2. The molecule has 4 rings (SSSR count). The first-order chi connectivity index (χ1) is 13.2. The number of pyridine rings is 2. The maximum absolute atomic E-state index is 12.2. The van der Waals surface area contributed by atoms with Crippen LogP contribution in [0.2, 0.25) is 0 Å². The number of benzene rings is 2. The van der Waals surface area contributed by atoms with E-state index in [2.05, 4.69) is 25.9 Å². The van der Waals surface area contributed by atoms with E-state index in [1.54, 1.807) is 24.5 Å². The zero-order valence-corrected chi connectivity index (χ0v) is 15.8. The fourth-order valence-corrected chi connectivity index (χ4v) is 3.16. The van der Waals surface area contributed by atoms with Crippen LogP contribution < -0.4 is 4.74 Å². The molecular formula is C21H15BrN2O3. The van der Waals surface area contributed by atoms with E-state index in [0.717, 1.165) is 26.1 Å². The molecular weight excluding hydrogens is 408 g/mol. The number of hydrogen-bond acceptors (Lipinski definition) is 5. The summed E-state index contributed by atoms with van der Waals surface area (Å²) in [6.07, 6.45) is 3.36. The highest BCUT2D eigenvalue weighted by molar-refractivity contribution is 9.10. The second kappa shape index (κ2) is 7.72. The van der Waals surface area contributed by atoms with Gasteiger partial charge in [0.05, 0.1) is 5.52 Å². The number of esters is 1. The Morgan fingerprint density at radius 2 is 1.85 bits per heavy atom. The molecule has 0 fully saturated rings. The lowest BCUT2D eigenvalue weighted by Crippen LogP contribution is -2.13. The second-order valence-corrected chi connectivity index (χ2v) is 6.79. The first-order valence-corrected chi connectivity index (χ1v) is 9.19. The van der Waals surface area contributed by atoms with Crippen molar-refractivity contribution in [3.63, 3.8) is 0 Å². The average Bonchev–Trinajstić information content (AvgIpc) is 2.70. The van der Waals surface area contributed by atoms with Crippen LogP contribution in [0.25, 0.3) is 21.7 Å². The van der Waals surface area contributed by atoms with Gasteiger partial charge in [-0.2, -0.15) is 0 Å². The van der Waals surface area contributed by atoms with Gasteiger partial charge in [0.25, 0.3) is 0 Å². The molecule has 6 heteroatoms. The lowest BCUT2D eigenvalue weighted by molar-refractivity contribution is 0.0445. The Bertz CT molecular complexity index is 1130. The number of carbonyl (C=O) groups is 1. The summed E-state index contributed by atoms with van der Waals surface area (Å²) in [5, 5.41) is 2.81. The Morgan fingerprint density at radius 1 is 0.963 bits per heavy atom.